The van der Waals surface area contributed by atoms with Crippen molar-refractivity contribution >= 4 is 17.7 Å². The number of rotatable bonds is 5. The van der Waals surface area contributed by atoms with Crippen LogP contribution in [0.4, 0.5) is 8.78 Å². The van der Waals surface area contributed by atoms with Gasteiger partial charge in [0.25, 0.3) is 0 Å². The molecule has 0 spiro atoms. The van der Waals surface area contributed by atoms with Gasteiger partial charge in [-0.3, -0.25) is 9.48 Å². The van der Waals surface area contributed by atoms with E-state index in [-0.39, 0.29) is 19.4 Å². The number of carbonyl (C=O) groups is 1. The second kappa shape index (κ2) is 8.31. The number of hydrogen-bond acceptors (Lipinski definition) is 4. The lowest BCUT2D eigenvalue weighted by molar-refractivity contribution is -0.133. The van der Waals surface area contributed by atoms with Crippen molar-refractivity contribution in [3.63, 3.8) is 0 Å². The molecule has 148 valence electrons. The van der Waals surface area contributed by atoms with Crippen LogP contribution in [0.5, 0.6) is 0 Å². The maximum Gasteiger partial charge on any atom is 0.249 e. The maximum absolute atomic E-state index is 14.1. The molecule has 2 aromatic rings. The van der Waals surface area contributed by atoms with Crippen molar-refractivity contribution in [2.24, 2.45) is 13.0 Å². The Morgan fingerprint density at radius 2 is 2.14 bits per heavy atom. The molecule has 1 heterocycles. The lowest BCUT2D eigenvalue weighted by Gasteiger charge is -2.34. The summed E-state index contributed by atoms with van der Waals surface area (Å²) < 4.78 is 29.8. The molecule has 1 amide bonds. The quantitative estimate of drug-likeness (QED) is 0.605. The fourth-order valence-corrected chi connectivity index (χ4v) is 4.18. The molecule has 1 fully saturated rings. The van der Waals surface area contributed by atoms with Crippen LogP contribution in [-0.4, -0.2) is 34.4 Å². The minimum absolute atomic E-state index is 0.171. The molecule has 1 aliphatic carbocycles. The summed E-state index contributed by atoms with van der Waals surface area (Å²) >= 11 is 1.64. The van der Waals surface area contributed by atoms with E-state index < -0.39 is 30.1 Å². The Bertz CT molecular complexity index is 889. The number of nitrogens with one attached hydrogen (secondary N) is 1. The van der Waals surface area contributed by atoms with E-state index in [9.17, 15) is 13.6 Å². The predicted octanol–water partition coefficient (Wildman–Crippen LogP) is 3.97. The van der Waals surface area contributed by atoms with Crippen LogP contribution in [0.15, 0.2) is 35.4 Å². The molecule has 3 rings (SSSR count). The molecule has 1 aromatic heterocycles. The van der Waals surface area contributed by atoms with Gasteiger partial charge in [0, 0.05) is 42.5 Å². The van der Waals surface area contributed by atoms with E-state index in [4.69, 9.17) is 5.26 Å². The molecule has 0 aliphatic heterocycles. The third-order valence-corrected chi connectivity index (χ3v) is 5.86. The third kappa shape index (κ3) is 4.36. The van der Waals surface area contributed by atoms with Gasteiger partial charge in [0.05, 0.1) is 17.7 Å². The first-order chi connectivity index (χ1) is 13.3. The highest BCUT2D eigenvalue weighted by atomic mass is 32.2. The second-order valence-electron chi connectivity index (χ2n) is 7.02. The number of alkyl halides is 2. The Morgan fingerprint density at radius 1 is 1.43 bits per heavy atom. The summed E-state index contributed by atoms with van der Waals surface area (Å²) in [5, 5.41) is 15.7. The topological polar surface area (TPSA) is 70.7 Å². The van der Waals surface area contributed by atoms with Crippen LogP contribution in [0.2, 0.25) is 0 Å². The largest absolute Gasteiger partial charge is 0.343 e. The highest BCUT2D eigenvalue weighted by Crippen LogP contribution is 2.46. The second-order valence-corrected chi connectivity index (χ2v) is 7.90. The molecule has 5 nitrogen and oxygen atoms in total. The summed E-state index contributed by atoms with van der Waals surface area (Å²) in [5.41, 5.74) is 2.45. The smallest absolute Gasteiger partial charge is 0.249 e. The normalized spacial score (nSPS) is 21.1. The number of aromatic nitrogens is 2. The fraction of sp³-hybridized carbons (Fsp3) is 0.450. The van der Waals surface area contributed by atoms with Gasteiger partial charge in [0.2, 0.25) is 11.8 Å². The first-order valence-electron chi connectivity index (χ1n) is 9.05. The molecular formula is C20H22F2N4OS. The van der Waals surface area contributed by atoms with Gasteiger partial charge < -0.3 is 5.32 Å². The van der Waals surface area contributed by atoms with Crippen molar-refractivity contribution in [2.45, 2.75) is 36.0 Å². The monoisotopic (exact) mass is 404 g/mol. The molecule has 2 atom stereocenters. The fourth-order valence-electron chi connectivity index (χ4n) is 3.77. The molecule has 1 saturated carbocycles. The van der Waals surface area contributed by atoms with E-state index in [1.807, 2.05) is 42.8 Å². The van der Waals surface area contributed by atoms with E-state index >= 15 is 0 Å². The van der Waals surface area contributed by atoms with Crippen LogP contribution in [0.3, 0.4) is 0 Å². The number of aryl methyl sites for hydroxylation is 1. The molecular weight excluding hydrogens is 382 g/mol. The Hall–Kier alpha value is -2.40. The molecule has 0 bridgehead atoms. The van der Waals surface area contributed by atoms with Gasteiger partial charge in [0.1, 0.15) is 6.54 Å². The molecule has 0 saturated heterocycles. The molecule has 0 radical (unpaired) electrons. The molecule has 1 aliphatic rings. The van der Waals surface area contributed by atoms with Crippen molar-refractivity contribution in [1.29, 1.82) is 5.26 Å². The number of thioether (sulfide) groups is 1. The van der Waals surface area contributed by atoms with Crippen LogP contribution in [0.1, 0.15) is 30.9 Å². The zero-order chi connectivity index (χ0) is 20.3. The van der Waals surface area contributed by atoms with Crippen LogP contribution in [0.25, 0.3) is 11.1 Å². The van der Waals surface area contributed by atoms with Crippen molar-refractivity contribution in [3.8, 4) is 17.2 Å². The van der Waals surface area contributed by atoms with Gasteiger partial charge in [-0.1, -0.05) is 12.1 Å². The predicted molar refractivity (Wildman–Crippen MR) is 104 cm³/mol. The van der Waals surface area contributed by atoms with Gasteiger partial charge in [-0.05, 0) is 30.4 Å². The molecule has 1 aromatic carbocycles. The highest BCUT2D eigenvalue weighted by Gasteiger charge is 2.46. The van der Waals surface area contributed by atoms with Crippen molar-refractivity contribution in [2.75, 3.05) is 12.8 Å². The average molecular weight is 404 g/mol. The van der Waals surface area contributed by atoms with Gasteiger partial charge in [-0.15, -0.1) is 11.8 Å². The molecule has 8 heteroatoms. The van der Waals surface area contributed by atoms with Crippen molar-refractivity contribution in [3.05, 3.63) is 36.2 Å². The molecule has 1 N–H and O–H groups in total. The minimum atomic E-state index is -2.89. The summed E-state index contributed by atoms with van der Waals surface area (Å²) in [6.07, 6.45) is 3.22. The SMILES string of the molecule is CSc1ccc(-c2cn(C)nc2C2CCC(F)(F)C[C@H]2C(=O)NCC#N)cc1. The Morgan fingerprint density at radius 3 is 2.79 bits per heavy atom. The first kappa shape index (κ1) is 20.3. The van der Waals surface area contributed by atoms with E-state index in [2.05, 4.69) is 10.4 Å². The summed E-state index contributed by atoms with van der Waals surface area (Å²) in [6, 6.07) is 9.79. The van der Waals surface area contributed by atoms with Crippen LogP contribution < -0.4 is 5.32 Å². The number of carbonyl (C=O) groups excluding carboxylic acids is 1. The van der Waals surface area contributed by atoms with E-state index in [0.717, 1.165) is 16.0 Å². The van der Waals surface area contributed by atoms with E-state index in [1.54, 1.807) is 23.5 Å². The number of halogens is 2. The lowest BCUT2D eigenvalue weighted by Crippen LogP contribution is -2.41. The van der Waals surface area contributed by atoms with Gasteiger partial charge in [-0.2, -0.15) is 10.4 Å². The van der Waals surface area contributed by atoms with Gasteiger partial charge in [0.15, 0.2) is 0 Å². The first-order valence-corrected chi connectivity index (χ1v) is 10.3. The summed E-state index contributed by atoms with van der Waals surface area (Å²) in [4.78, 5) is 13.7. The summed E-state index contributed by atoms with van der Waals surface area (Å²) in [7, 11) is 1.78. The maximum atomic E-state index is 14.1. The van der Waals surface area contributed by atoms with Gasteiger partial charge >= 0.3 is 0 Å². The number of nitriles is 1. The zero-order valence-corrected chi connectivity index (χ0v) is 16.6. The van der Waals surface area contributed by atoms with Gasteiger partial charge in [-0.25, -0.2) is 8.78 Å². The van der Waals surface area contributed by atoms with Crippen LogP contribution >= 0.6 is 11.8 Å². The molecule has 28 heavy (non-hydrogen) atoms. The molecule has 1 unspecified atom stereocenters. The number of benzene rings is 1. The lowest BCUT2D eigenvalue weighted by atomic mass is 9.74. The minimum Gasteiger partial charge on any atom is -0.343 e. The standard InChI is InChI=1S/C20H22F2N4OS/c1-26-12-17(13-3-5-14(28-2)6-4-13)18(25-26)15-7-8-20(21,22)11-16(15)19(27)24-10-9-23/h3-6,12,15-16H,7-8,10-11H2,1-2H3,(H,24,27)/t15?,16-/m1/s1. The Labute approximate surface area is 167 Å². The summed E-state index contributed by atoms with van der Waals surface area (Å²) in [5.74, 6) is -4.74. The number of hydrogen-bond donors (Lipinski definition) is 1. The highest BCUT2D eigenvalue weighted by molar-refractivity contribution is 7.98. The Kier molecular flexibility index (Phi) is 6.04. The van der Waals surface area contributed by atoms with Crippen molar-refractivity contribution < 1.29 is 13.6 Å². The third-order valence-electron chi connectivity index (χ3n) is 5.11. The van der Waals surface area contributed by atoms with E-state index in [1.165, 1.54) is 0 Å². The summed E-state index contributed by atoms with van der Waals surface area (Å²) in [6.45, 7) is -0.196. The van der Waals surface area contributed by atoms with E-state index in [0.29, 0.717) is 5.69 Å². The number of amides is 1. The zero-order valence-electron chi connectivity index (χ0n) is 15.8. The number of nitrogens with zero attached hydrogens (tertiary/aromatic N) is 3. The average Bonchev–Trinajstić information content (AvgIpc) is 3.06. The van der Waals surface area contributed by atoms with Crippen molar-refractivity contribution in [1.82, 2.24) is 15.1 Å². The van der Waals surface area contributed by atoms with Crippen LogP contribution in [0, 0.1) is 17.2 Å². The van der Waals surface area contributed by atoms with Crippen LogP contribution in [-0.2, 0) is 11.8 Å². The Balaban J connectivity index is 1.98.